The average molecular weight is 312 g/mol. The molecule has 118 valence electrons. The van der Waals surface area contributed by atoms with Crippen LogP contribution in [-0.4, -0.2) is 25.7 Å². The first-order valence-electron chi connectivity index (χ1n) is 7.29. The van der Waals surface area contributed by atoms with Gasteiger partial charge in [0.2, 0.25) is 10.0 Å². The van der Waals surface area contributed by atoms with Gasteiger partial charge in [0.15, 0.2) is 0 Å². The topological polar surface area (TPSA) is 92.4 Å². The van der Waals surface area contributed by atoms with Crippen molar-refractivity contribution in [2.24, 2.45) is 5.92 Å². The van der Waals surface area contributed by atoms with Crippen molar-refractivity contribution in [1.29, 1.82) is 0 Å². The molecule has 1 aliphatic rings. The summed E-state index contributed by atoms with van der Waals surface area (Å²) in [6.07, 6.45) is 3.33. The molecule has 5 nitrogen and oxygen atoms in total. The lowest BCUT2D eigenvalue weighted by Crippen LogP contribution is -2.53. The molecule has 2 unspecified atom stereocenters. The first-order valence-corrected chi connectivity index (χ1v) is 8.77. The van der Waals surface area contributed by atoms with E-state index in [1.54, 1.807) is 19.1 Å². The van der Waals surface area contributed by atoms with Crippen molar-refractivity contribution in [3.05, 3.63) is 23.8 Å². The molecule has 0 aliphatic heterocycles. The van der Waals surface area contributed by atoms with Crippen LogP contribution in [0.15, 0.2) is 23.1 Å². The van der Waals surface area contributed by atoms with Crippen molar-refractivity contribution in [3.63, 3.8) is 0 Å². The van der Waals surface area contributed by atoms with Crippen LogP contribution in [-0.2, 0) is 10.0 Å². The lowest BCUT2D eigenvalue weighted by molar-refractivity contribution is 0.120. The summed E-state index contributed by atoms with van der Waals surface area (Å²) in [5.74, 6) is 0.404. The van der Waals surface area contributed by atoms with Gasteiger partial charge in [-0.05, 0) is 49.4 Å². The van der Waals surface area contributed by atoms with E-state index in [-0.39, 0.29) is 11.5 Å². The maximum absolute atomic E-state index is 12.6. The molecule has 6 heteroatoms. The Hall–Kier alpha value is -1.11. The van der Waals surface area contributed by atoms with Crippen molar-refractivity contribution in [2.75, 3.05) is 12.3 Å². The van der Waals surface area contributed by atoms with E-state index in [2.05, 4.69) is 11.6 Å². The predicted octanol–water partition coefficient (Wildman–Crippen LogP) is 1.80. The first kappa shape index (κ1) is 16.3. The SMILES string of the molecule is Cc1cc(S(=O)(=O)NC2(CO)CCCC(C)C2)ccc1N. The molecule has 0 radical (unpaired) electrons. The Kier molecular flexibility index (Phi) is 4.60. The summed E-state index contributed by atoms with van der Waals surface area (Å²) in [5.41, 5.74) is 6.28. The second kappa shape index (κ2) is 5.94. The van der Waals surface area contributed by atoms with Crippen LogP contribution < -0.4 is 10.5 Å². The molecule has 21 heavy (non-hydrogen) atoms. The van der Waals surface area contributed by atoms with Gasteiger partial charge in [-0.1, -0.05) is 19.8 Å². The number of rotatable bonds is 4. The summed E-state index contributed by atoms with van der Waals surface area (Å²) in [7, 11) is -3.66. The van der Waals surface area contributed by atoms with Crippen LogP contribution in [0.3, 0.4) is 0 Å². The van der Waals surface area contributed by atoms with Crippen LogP contribution in [0.5, 0.6) is 0 Å². The van der Waals surface area contributed by atoms with E-state index in [1.165, 1.54) is 6.07 Å². The van der Waals surface area contributed by atoms with Gasteiger partial charge in [0.25, 0.3) is 0 Å². The molecular weight excluding hydrogens is 288 g/mol. The van der Waals surface area contributed by atoms with Gasteiger partial charge in [-0.15, -0.1) is 0 Å². The number of aryl methyl sites for hydroxylation is 1. The normalized spacial score (nSPS) is 26.7. The van der Waals surface area contributed by atoms with Gasteiger partial charge in [-0.2, -0.15) is 0 Å². The lowest BCUT2D eigenvalue weighted by atomic mass is 9.78. The number of hydrogen-bond donors (Lipinski definition) is 3. The van der Waals surface area contributed by atoms with Gasteiger partial charge in [0.1, 0.15) is 0 Å². The molecule has 0 bridgehead atoms. The molecule has 1 saturated carbocycles. The predicted molar refractivity (Wildman–Crippen MR) is 83.4 cm³/mol. The largest absolute Gasteiger partial charge is 0.399 e. The van der Waals surface area contributed by atoms with Gasteiger partial charge in [-0.25, -0.2) is 13.1 Å². The van der Waals surface area contributed by atoms with E-state index in [4.69, 9.17) is 5.73 Å². The third-order valence-electron chi connectivity index (χ3n) is 4.30. The summed E-state index contributed by atoms with van der Waals surface area (Å²) in [4.78, 5) is 0.195. The van der Waals surface area contributed by atoms with Gasteiger partial charge < -0.3 is 10.8 Å². The van der Waals surface area contributed by atoms with E-state index >= 15 is 0 Å². The van der Waals surface area contributed by atoms with Crippen molar-refractivity contribution < 1.29 is 13.5 Å². The number of aliphatic hydroxyl groups excluding tert-OH is 1. The average Bonchev–Trinajstić information content (AvgIpc) is 2.41. The molecule has 0 saturated heterocycles. The summed E-state index contributed by atoms with van der Waals surface area (Å²) < 4.78 is 27.9. The standard InChI is InChI=1S/C15H24N2O3S/c1-11-4-3-7-15(9-11,10-18)17-21(19,20)13-5-6-14(16)12(2)8-13/h5-6,8,11,17-18H,3-4,7,9-10,16H2,1-2H3. The Balaban J connectivity index is 2.28. The molecule has 0 spiro atoms. The molecule has 1 fully saturated rings. The minimum atomic E-state index is -3.66. The fourth-order valence-corrected chi connectivity index (χ4v) is 4.60. The van der Waals surface area contributed by atoms with Gasteiger partial charge in [0, 0.05) is 5.69 Å². The Morgan fingerprint density at radius 1 is 1.48 bits per heavy atom. The molecule has 0 aromatic heterocycles. The Morgan fingerprint density at radius 3 is 2.76 bits per heavy atom. The number of nitrogen functional groups attached to an aromatic ring is 1. The number of aliphatic hydroxyl groups is 1. The highest BCUT2D eigenvalue weighted by atomic mass is 32.2. The maximum atomic E-state index is 12.6. The highest BCUT2D eigenvalue weighted by Gasteiger charge is 2.38. The van der Waals surface area contributed by atoms with Crippen LogP contribution >= 0.6 is 0 Å². The number of nitrogens with two attached hydrogens (primary N) is 1. The van der Waals surface area contributed by atoms with Gasteiger partial charge in [0.05, 0.1) is 17.0 Å². The number of nitrogens with one attached hydrogen (secondary N) is 1. The van der Waals surface area contributed by atoms with Crippen LogP contribution in [0, 0.1) is 12.8 Å². The second-order valence-electron chi connectivity index (χ2n) is 6.26. The minimum Gasteiger partial charge on any atom is -0.399 e. The Morgan fingerprint density at radius 2 is 2.19 bits per heavy atom. The molecule has 1 aromatic rings. The fourth-order valence-electron chi connectivity index (χ4n) is 3.09. The molecule has 4 N–H and O–H groups in total. The molecule has 1 aliphatic carbocycles. The highest BCUT2D eigenvalue weighted by Crippen LogP contribution is 2.33. The van der Waals surface area contributed by atoms with E-state index in [1.807, 2.05) is 0 Å². The molecule has 2 atom stereocenters. The highest BCUT2D eigenvalue weighted by molar-refractivity contribution is 7.89. The van der Waals surface area contributed by atoms with Crippen molar-refractivity contribution in [3.8, 4) is 0 Å². The van der Waals surface area contributed by atoms with E-state index in [0.717, 1.165) is 18.4 Å². The number of anilines is 1. The summed E-state index contributed by atoms with van der Waals surface area (Å²) in [5, 5.41) is 9.72. The zero-order valence-electron chi connectivity index (χ0n) is 12.6. The van der Waals surface area contributed by atoms with Crippen molar-refractivity contribution >= 4 is 15.7 Å². The van der Waals surface area contributed by atoms with E-state index in [9.17, 15) is 13.5 Å². The Bertz CT molecular complexity index is 615. The third-order valence-corrected chi connectivity index (χ3v) is 5.87. The van der Waals surface area contributed by atoms with Crippen molar-refractivity contribution in [2.45, 2.75) is 50.0 Å². The quantitative estimate of drug-likeness (QED) is 0.739. The molecule has 2 rings (SSSR count). The summed E-state index contributed by atoms with van der Waals surface area (Å²) in [6.45, 7) is 3.69. The maximum Gasteiger partial charge on any atom is 0.241 e. The number of sulfonamides is 1. The van der Waals surface area contributed by atoms with Crippen LogP contribution in [0.2, 0.25) is 0 Å². The lowest BCUT2D eigenvalue weighted by Gasteiger charge is -2.39. The van der Waals surface area contributed by atoms with Gasteiger partial charge >= 0.3 is 0 Å². The molecule has 0 heterocycles. The minimum absolute atomic E-state index is 0.176. The third kappa shape index (κ3) is 3.56. The monoisotopic (exact) mass is 312 g/mol. The smallest absolute Gasteiger partial charge is 0.241 e. The first-order chi connectivity index (χ1) is 9.78. The molecule has 1 aromatic carbocycles. The van der Waals surface area contributed by atoms with E-state index < -0.39 is 15.6 Å². The van der Waals surface area contributed by atoms with Gasteiger partial charge in [-0.3, -0.25) is 0 Å². The summed E-state index contributed by atoms with van der Waals surface area (Å²) in [6, 6.07) is 4.66. The number of hydrogen-bond acceptors (Lipinski definition) is 4. The summed E-state index contributed by atoms with van der Waals surface area (Å²) >= 11 is 0. The Labute approximate surface area is 126 Å². The van der Waals surface area contributed by atoms with Crippen LogP contribution in [0.1, 0.15) is 38.2 Å². The number of benzene rings is 1. The van der Waals surface area contributed by atoms with Crippen LogP contribution in [0.4, 0.5) is 5.69 Å². The zero-order valence-corrected chi connectivity index (χ0v) is 13.4. The molecular formula is C15H24N2O3S. The van der Waals surface area contributed by atoms with Crippen molar-refractivity contribution in [1.82, 2.24) is 4.72 Å². The molecule has 0 amide bonds. The fraction of sp³-hybridized carbons (Fsp3) is 0.600. The van der Waals surface area contributed by atoms with Crippen LogP contribution in [0.25, 0.3) is 0 Å². The second-order valence-corrected chi connectivity index (χ2v) is 7.95. The van der Waals surface area contributed by atoms with E-state index in [0.29, 0.717) is 24.4 Å². The zero-order chi connectivity index (χ0) is 15.7.